The van der Waals surface area contributed by atoms with Crippen molar-refractivity contribution < 1.29 is 9.53 Å². The molecule has 1 unspecified atom stereocenters. The summed E-state index contributed by atoms with van der Waals surface area (Å²) >= 11 is 1.54. The third-order valence-electron chi connectivity index (χ3n) is 1.60. The largest absolute Gasteiger partial charge is 0.468 e. The van der Waals surface area contributed by atoms with Gasteiger partial charge in [0.1, 0.15) is 5.92 Å². The molecule has 0 saturated carbocycles. The van der Waals surface area contributed by atoms with Crippen LogP contribution in [0.4, 0.5) is 0 Å². The molecule has 0 saturated heterocycles. The molecular formula is C9H11NO2S. The molecule has 0 aromatic carbocycles. The van der Waals surface area contributed by atoms with E-state index in [0.717, 1.165) is 5.03 Å². The van der Waals surface area contributed by atoms with E-state index in [1.165, 1.54) is 7.11 Å². The fraction of sp³-hybridized carbons (Fsp3) is 0.333. The first-order valence-corrected chi connectivity index (χ1v) is 5.05. The predicted molar refractivity (Wildman–Crippen MR) is 54.7 cm³/mol. The number of aliphatic imine (C=N–C) groups is 1. The molecule has 0 aromatic heterocycles. The molecular weight excluding hydrogens is 186 g/mol. The van der Waals surface area contributed by atoms with Crippen LogP contribution < -0.4 is 0 Å². The van der Waals surface area contributed by atoms with Crippen LogP contribution in [-0.2, 0) is 9.53 Å². The first-order chi connectivity index (χ1) is 6.27. The third kappa shape index (κ3) is 2.73. The summed E-state index contributed by atoms with van der Waals surface area (Å²) in [4.78, 5) is 15.2. The van der Waals surface area contributed by atoms with Gasteiger partial charge in [0.05, 0.1) is 12.1 Å². The Bertz CT molecular complexity index is 281. The molecule has 0 aromatic rings. The normalized spacial score (nSPS) is 20.8. The number of thioether (sulfide) groups is 1. The smallest absolute Gasteiger partial charge is 0.318 e. The highest BCUT2D eigenvalue weighted by Gasteiger charge is 2.13. The van der Waals surface area contributed by atoms with Crippen molar-refractivity contribution in [2.45, 2.75) is 0 Å². The van der Waals surface area contributed by atoms with Crippen molar-refractivity contribution in [2.24, 2.45) is 10.9 Å². The average molecular weight is 197 g/mol. The highest BCUT2D eigenvalue weighted by molar-refractivity contribution is 8.02. The number of allylic oxidation sites excluding steroid dienone is 2. The summed E-state index contributed by atoms with van der Waals surface area (Å²) in [6, 6.07) is 0. The van der Waals surface area contributed by atoms with Gasteiger partial charge in [0.25, 0.3) is 0 Å². The quantitative estimate of drug-likeness (QED) is 0.631. The van der Waals surface area contributed by atoms with Gasteiger partial charge in [-0.15, -0.1) is 11.8 Å². The number of hydrogen-bond donors (Lipinski definition) is 0. The maximum Gasteiger partial charge on any atom is 0.318 e. The Hall–Kier alpha value is -1.03. The number of hydrogen-bond acceptors (Lipinski definition) is 4. The second-order valence-corrected chi connectivity index (χ2v) is 3.25. The number of ether oxygens (including phenoxy) is 1. The number of carbonyl (C=O) groups excluding carboxylic acids is 1. The highest BCUT2D eigenvalue weighted by atomic mass is 32.2. The molecule has 70 valence electrons. The lowest BCUT2D eigenvalue weighted by atomic mass is 10.1. The predicted octanol–water partition coefficient (Wildman–Crippen LogP) is 1.62. The first kappa shape index (κ1) is 10.1. The number of carbonyl (C=O) groups is 1. The van der Waals surface area contributed by atoms with E-state index in [9.17, 15) is 4.79 Å². The van der Waals surface area contributed by atoms with Crippen LogP contribution in [-0.4, -0.2) is 25.5 Å². The Labute approximate surface area is 81.6 Å². The van der Waals surface area contributed by atoms with Crippen molar-refractivity contribution in [2.75, 3.05) is 13.4 Å². The molecule has 4 heteroatoms. The molecule has 1 aliphatic rings. The van der Waals surface area contributed by atoms with Gasteiger partial charge in [0, 0.05) is 6.21 Å². The maximum atomic E-state index is 11.1. The molecule has 3 nitrogen and oxygen atoms in total. The summed E-state index contributed by atoms with van der Waals surface area (Å²) in [6.07, 6.45) is 8.98. The lowest BCUT2D eigenvalue weighted by Crippen LogP contribution is -2.14. The summed E-state index contributed by atoms with van der Waals surface area (Å²) in [5.41, 5.74) is 0. The molecule has 0 spiro atoms. The fourth-order valence-corrected chi connectivity index (χ4v) is 1.28. The van der Waals surface area contributed by atoms with Crippen LogP contribution in [0.3, 0.4) is 0 Å². The molecule has 1 rings (SSSR count). The maximum absolute atomic E-state index is 11.1. The van der Waals surface area contributed by atoms with Crippen molar-refractivity contribution in [1.82, 2.24) is 0 Å². The number of esters is 1. The molecule has 0 aliphatic carbocycles. The molecule has 0 fully saturated rings. The summed E-state index contributed by atoms with van der Waals surface area (Å²) < 4.78 is 4.60. The Balaban J connectivity index is 2.72. The minimum atomic E-state index is -0.356. The zero-order chi connectivity index (χ0) is 9.68. The molecule has 0 N–H and O–H groups in total. The monoisotopic (exact) mass is 197 g/mol. The van der Waals surface area contributed by atoms with E-state index in [-0.39, 0.29) is 11.9 Å². The summed E-state index contributed by atoms with van der Waals surface area (Å²) in [5, 5.41) is 0.891. The second kappa shape index (κ2) is 4.87. The molecule has 1 heterocycles. The van der Waals surface area contributed by atoms with E-state index in [0.29, 0.717) is 0 Å². The highest BCUT2D eigenvalue weighted by Crippen LogP contribution is 2.16. The van der Waals surface area contributed by atoms with Gasteiger partial charge in [-0.25, -0.2) is 0 Å². The van der Waals surface area contributed by atoms with Gasteiger partial charge >= 0.3 is 5.97 Å². The van der Waals surface area contributed by atoms with Gasteiger partial charge in [-0.3, -0.25) is 9.79 Å². The molecule has 0 bridgehead atoms. The molecule has 1 atom stereocenters. The zero-order valence-corrected chi connectivity index (χ0v) is 8.38. The van der Waals surface area contributed by atoms with Crippen LogP contribution >= 0.6 is 11.8 Å². The van der Waals surface area contributed by atoms with Gasteiger partial charge in [0.2, 0.25) is 0 Å². The van der Waals surface area contributed by atoms with E-state index < -0.39 is 0 Å². The Morgan fingerprint density at radius 3 is 3.08 bits per heavy atom. The van der Waals surface area contributed by atoms with Crippen LogP contribution in [0.5, 0.6) is 0 Å². The van der Waals surface area contributed by atoms with Crippen LogP contribution in [0.2, 0.25) is 0 Å². The zero-order valence-electron chi connectivity index (χ0n) is 7.56. The van der Waals surface area contributed by atoms with Crippen LogP contribution in [0, 0.1) is 5.92 Å². The van der Waals surface area contributed by atoms with Crippen LogP contribution in [0.25, 0.3) is 0 Å². The fourth-order valence-electron chi connectivity index (χ4n) is 0.900. The van der Waals surface area contributed by atoms with Gasteiger partial charge in [0.15, 0.2) is 0 Å². The lowest BCUT2D eigenvalue weighted by Gasteiger charge is -2.01. The van der Waals surface area contributed by atoms with E-state index in [4.69, 9.17) is 0 Å². The van der Waals surface area contributed by atoms with E-state index >= 15 is 0 Å². The molecule has 0 amide bonds. The van der Waals surface area contributed by atoms with Crippen molar-refractivity contribution in [3.05, 3.63) is 23.3 Å². The van der Waals surface area contributed by atoms with Gasteiger partial charge in [-0.1, -0.05) is 12.2 Å². The minimum absolute atomic E-state index is 0.282. The first-order valence-electron chi connectivity index (χ1n) is 3.82. The van der Waals surface area contributed by atoms with Crippen molar-refractivity contribution >= 4 is 23.9 Å². The number of rotatable bonds is 2. The Morgan fingerprint density at radius 1 is 1.69 bits per heavy atom. The SMILES string of the molecule is COC(=O)C1C=CC=C(SC)N=C1. The average Bonchev–Trinajstić information content (AvgIpc) is 2.41. The number of methoxy groups -OCH3 is 1. The summed E-state index contributed by atoms with van der Waals surface area (Å²) in [6.45, 7) is 0. The van der Waals surface area contributed by atoms with Gasteiger partial charge in [-0.2, -0.15) is 0 Å². The summed E-state index contributed by atoms with van der Waals surface area (Å²) in [7, 11) is 1.37. The van der Waals surface area contributed by atoms with Gasteiger partial charge in [-0.05, 0) is 12.3 Å². The molecule has 1 aliphatic heterocycles. The standard InChI is InChI=1S/C9H11NO2S/c1-12-9(11)7-4-3-5-8(13-2)10-6-7/h3-7H,1-2H3. The topological polar surface area (TPSA) is 38.7 Å². The Kier molecular flexibility index (Phi) is 3.76. The number of nitrogens with zero attached hydrogens (tertiary/aromatic N) is 1. The summed E-state index contributed by atoms with van der Waals surface area (Å²) in [5.74, 6) is -0.637. The van der Waals surface area contributed by atoms with Crippen molar-refractivity contribution in [1.29, 1.82) is 0 Å². The molecule has 13 heavy (non-hydrogen) atoms. The van der Waals surface area contributed by atoms with Crippen molar-refractivity contribution in [3.63, 3.8) is 0 Å². The third-order valence-corrected chi connectivity index (χ3v) is 2.26. The molecule has 0 radical (unpaired) electrons. The Morgan fingerprint density at radius 2 is 2.46 bits per heavy atom. The van der Waals surface area contributed by atoms with Gasteiger partial charge < -0.3 is 4.74 Å². The minimum Gasteiger partial charge on any atom is -0.468 e. The van der Waals surface area contributed by atoms with Crippen LogP contribution in [0.1, 0.15) is 0 Å². The van der Waals surface area contributed by atoms with Crippen molar-refractivity contribution in [3.8, 4) is 0 Å². The second-order valence-electron chi connectivity index (χ2n) is 2.42. The van der Waals surface area contributed by atoms with E-state index in [1.54, 1.807) is 24.1 Å². The van der Waals surface area contributed by atoms with Crippen LogP contribution in [0.15, 0.2) is 28.2 Å². The van der Waals surface area contributed by atoms with E-state index in [2.05, 4.69) is 9.73 Å². The lowest BCUT2D eigenvalue weighted by molar-refractivity contribution is -0.141. The van der Waals surface area contributed by atoms with E-state index in [1.807, 2.05) is 18.4 Å².